The van der Waals surface area contributed by atoms with E-state index in [1.165, 1.54) is 24.0 Å². The second kappa shape index (κ2) is 7.01. The van der Waals surface area contributed by atoms with Crippen LogP contribution in [-0.2, 0) is 4.79 Å². The van der Waals surface area contributed by atoms with E-state index in [-0.39, 0.29) is 17.6 Å². The number of amides is 1. The van der Waals surface area contributed by atoms with E-state index in [0.717, 1.165) is 31.5 Å². The van der Waals surface area contributed by atoms with Crippen molar-refractivity contribution in [2.75, 3.05) is 29.9 Å². The number of nitrogens with one attached hydrogen (secondary N) is 1. The van der Waals surface area contributed by atoms with Gasteiger partial charge in [-0.1, -0.05) is 6.07 Å². The fraction of sp³-hybridized carbons (Fsp3) is 0.588. The average molecular weight is 322 g/mol. The van der Waals surface area contributed by atoms with Gasteiger partial charge in [-0.25, -0.2) is 4.39 Å². The van der Waals surface area contributed by atoms with Gasteiger partial charge in [-0.05, 0) is 62.7 Å². The van der Waals surface area contributed by atoms with Crippen LogP contribution in [0.2, 0.25) is 0 Å². The van der Waals surface area contributed by atoms with Crippen molar-refractivity contribution in [2.45, 2.75) is 32.2 Å². The normalized spacial score (nSPS) is 23.6. The van der Waals surface area contributed by atoms with Crippen LogP contribution < -0.4 is 5.32 Å². The van der Waals surface area contributed by atoms with E-state index >= 15 is 0 Å². The topological polar surface area (TPSA) is 32.3 Å². The molecule has 0 radical (unpaired) electrons. The molecule has 1 N–H and O–H groups in total. The number of carbonyl (C=O) groups is 1. The molecule has 5 heteroatoms. The molecule has 3 rings (SSSR count). The van der Waals surface area contributed by atoms with E-state index in [9.17, 15) is 9.18 Å². The Labute approximate surface area is 135 Å². The third kappa shape index (κ3) is 3.63. The summed E-state index contributed by atoms with van der Waals surface area (Å²) in [5.74, 6) is 2.10. The first-order chi connectivity index (χ1) is 10.6. The minimum absolute atomic E-state index is 0.00483. The highest BCUT2D eigenvalue weighted by molar-refractivity contribution is 7.99. The molecule has 1 aromatic rings. The molecule has 0 spiro atoms. The molecule has 2 saturated heterocycles. The van der Waals surface area contributed by atoms with Crippen LogP contribution in [0.1, 0.15) is 24.8 Å². The van der Waals surface area contributed by atoms with Crippen molar-refractivity contribution in [3.05, 3.63) is 29.6 Å². The third-order valence-corrected chi connectivity index (χ3v) is 5.85. The van der Waals surface area contributed by atoms with E-state index < -0.39 is 0 Å². The van der Waals surface area contributed by atoms with Crippen molar-refractivity contribution in [3.63, 3.8) is 0 Å². The average Bonchev–Trinajstić information content (AvgIpc) is 3.05. The third-order valence-electron chi connectivity index (χ3n) is 4.70. The smallest absolute Gasteiger partial charge is 0.227 e. The first-order valence-corrected chi connectivity index (χ1v) is 9.18. The fourth-order valence-corrected chi connectivity index (χ4v) is 4.56. The van der Waals surface area contributed by atoms with Crippen molar-refractivity contribution in [1.29, 1.82) is 0 Å². The second-order valence-corrected chi connectivity index (χ2v) is 7.45. The largest absolute Gasteiger partial charge is 0.323 e. The van der Waals surface area contributed by atoms with Gasteiger partial charge in [0.15, 0.2) is 0 Å². The zero-order chi connectivity index (χ0) is 15.5. The first-order valence-electron chi connectivity index (χ1n) is 8.02. The molecule has 22 heavy (non-hydrogen) atoms. The zero-order valence-electron chi connectivity index (χ0n) is 13.0. The Morgan fingerprint density at radius 2 is 2.09 bits per heavy atom. The summed E-state index contributed by atoms with van der Waals surface area (Å²) in [6, 6.07) is 5.51. The molecular formula is C17H23FN2OS. The molecule has 2 aliphatic heterocycles. The van der Waals surface area contributed by atoms with Crippen LogP contribution in [0.5, 0.6) is 0 Å². The lowest BCUT2D eigenvalue weighted by Gasteiger charge is -2.35. The van der Waals surface area contributed by atoms with Crippen LogP contribution in [0.3, 0.4) is 0 Å². The summed E-state index contributed by atoms with van der Waals surface area (Å²) in [6.07, 6.45) is 3.02. The summed E-state index contributed by atoms with van der Waals surface area (Å²) in [5, 5.41) is 2.77. The van der Waals surface area contributed by atoms with Gasteiger partial charge in [0.2, 0.25) is 5.91 Å². The molecule has 1 atom stereocenters. The SMILES string of the molecule is Cc1ccc(F)c(NC(=O)C2CCN(C3CCSC3)CC2)c1. The molecule has 2 fully saturated rings. The van der Waals surface area contributed by atoms with E-state index in [0.29, 0.717) is 11.7 Å². The lowest BCUT2D eigenvalue weighted by molar-refractivity contribution is -0.121. The minimum atomic E-state index is -0.362. The van der Waals surface area contributed by atoms with Crippen molar-refractivity contribution in [2.24, 2.45) is 5.92 Å². The van der Waals surface area contributed by atoms with Gasteiger partial charge < -0.3 is 5.32 Å². The maximum atomic E-state index is 13.7. The Kier molecular flexibility index (Phi) is 5.03. The molecule has 1 aromatic carbocycles. The number of aryl methyl sites for hydroxylation is 1. The Balaban J connectivity index is 1.54. The van der Waals surface area contributed by atoms with Crippen LogP contribution in [0.4, 0.5) is 10.1 Å². The van der Waals surface area contributed by atoms with Crippen LogP contribution >= 0.6 is 11.8 Å². The summed E-state index contributed by atoms with van der Waals surface area (Å²) in [6.45, 7) is 3.87. The van der Waals surface area contributed by atoms with Gasteiger partial charge in [-0.3, -0.25) is 9.69 Å². The molecular weight excluding hydrogens is 299 g/mol. The van der Waals surface area contributed by atoms with Crippen molar-refractivity contribution < 1.29 is 9.18 Å². The maximum absolute atomic E-state index is 13.7. The van der Waals surface area contributed by atoms with E-state index in [1.807, 2.05) is 18.7 Å². The molecule has 3 nitrogen and oxygen atoms in total. The number of halogens is 1. The number of hydrogen-bond donors (Lipinski definition) is 1. The van der Waals surface area contributed by atoms with E-state index in [4.69, 9.17) is 0 Å². The number of rotatable bonds is 3. The van der Waals surface area contributed by atoms with Gasteiger partial charge in [0.25, 0.3) is 0 Å². The van der Waals surface area contributed by atoms with E-state index in [2.05, 4.69) is 10.2 Å². The molecule has 1 amide bonds. The van der Waals surface area contributed by atoms with Gasteiger partial charge in [0, 0.05) is 17.7 Å². The molecule has 2 heterocycles. The predicted octanol–water partition coefficient (Wildman–Crippen LogP) is 3.29. The highest BCUT2D eigenvalue weighted by Crippen LogP contribution is 2.27. The zero-order valence-corrected chi connectivity index (χ0v) is 13.8. The molecule has 0 bridgehead atoms. The van der Waals surface area contributed by atoms with Crippen LogP contribution in [0.25, 0.3) is 0 Å². The fourth-order valence-electron chi connectivity index (χ4n) is 3.31. The lowest BCUT2D eigenvalue weighted by Crippen LogP contribution is -2.43. The quantitative estimate of drug-likeness (QED) is 0.927. The number of nitrogens with zero attached hydrogens (tertiary/aromatic N) is 1. The Bertz CT molecular complexity index is 537. The molecule has 120 valence electrons. The summed E-state index contributed by atoms with van der Waals surface area (Å²) in [5.41, 5.74) is 1.25. The van der Waals surface area contributed by atoms with Gasteiger partial charge in [-0.15, -0.1) is 0 Å². The minimum Gasteiger partial charge on any atom is -0.323 e. The van der Waals surface area contributed by atoms with Crippen molar-refractivity contribution >= 4 is 23.4 Å². The Hall–Kier alpha value is -1.07. The summed E-state index contributed by atoms with van der Waals surface area (Å²) in [4.78, 5) is 14.9. The van der Waals surface area contributed by atoms with Gasteiger partial charge in [-0.2, -0.15) is 11.8 Å². The number of benzene rings is 1. The second-order valence-electron chi connectivity index (χ2n) is 6.30. The summed E-state index contributed by atoms with van der Waals surface area (Å²) >= 11 is 2.03. The van der Waals surface area contributed by atoms with Gasteiger partial charge >= 0.3 is 0 Å². The first kappa shape index (κ1) is 15.8. The van der Waals surface area contributed by atoms with Gasteiger partial charge in [0.05, 0.1) is 5.69 Å². The number of thioether (sulfide) groups is 1. The number of anilines is 1. The molecule has 1 unspecified atom stereocenters. The number of hydrogen-bond acceptors (Lipinski definition) is 3. The van der Waals surface area contributed by atoms with E-state index in [1.54, 1.807) is 12.1 Å². The molecule has 0 aromatic heterocycles. The van der Waals surface area contributed by atoms with Crippen molar-refractivity contribution in [3.8, 4) is 0 Å². The Morgan fingerprint density at radius 3 is 2.77 bits per heavy atom. The Morgan fingerprint density at radius 1 is 1.32 bits per heavy atom. The van der Waals surface area contributed by atoms with Gasteiger partial charge in [0.1, 0.15) is 5.82 Å². The predicted molar refractivity (Wildman–Crippen MR) is 89.8 cm³/mol. The highest BCUT2D eigenvalue weighted by Gasteiger charge is 2.30. The number of piperidine rings is 1. The van der Waals surface area contributed by atoms with Crippen LogP contribution in [0, 0.1) is 18.7 Å². The standard InChI is InChI=1S/C17H23FN2OS/c1-12-2-3-15(18)16(10-12)19-17(21)13-4-7-20(8-5-13)14-6-9-22-11-14/h2-3,10,13-14H,4-9,11H2,1H3,(H,19,21). The molecule has 0 saturated carbocycles. The number of carbonyl (C=O) groups excluding carboxylic acids is 1. The monoisotopic (exact) mass is 322 g/mol. The maximum Gasteiger partial charge on any atom is 0.227 e. The molecule has 2 aliphatic rings. The van der Waals surface area contributed by atoms with Crippen molar-refractivity contribution in [1.82, 2.24) is 4.90 Å². The lowest BCUT2D eigenvalue weighted by atomic mass is 9.94. The summed E-state index contributed by atoms with van der Waals surface area (Å²) in [7, 11) is 0. The summed E-state index contributed by atoms with van der Waals surface area (Å²) < 4.78 is 13.7. The number of likely N-dealkylation sites (tertiary alicyclic amines) is 1. The highest BCUT2D eigenvalue weighted by atomic mass is 32.2. The van der Waals surface area contributed by atoms with Crippen LogP contribution in [-0.4, -0.2) is 41.4 Å². The van der Waals surface area contributed by atoms with Crippen LogP contribution in [0.15, 0.2) is 18.2 Å². The molecule has 0 aliphatic carbocycles.